The van der Waals surface area contributed by atoms with Gasteiger partial charge in [-0.3, -0.25) is 4.90 Å². The van der Waals surface area contributed by atoms with Crippen molar-refractivity contribution in [1.29, 1.82) is 0 Å². The van der Waals surface area contributed by atoms with Crippen LogP contribution >= 0.6 is 22.9 Å². The molecular weight excluding hydrogens is 318 g/mol. The second-order valence-corrected chi connectivity index (χ2v) is 6.52. The fourth-order valence-electron chi connectivity index (χ4n) is 2.11. The largest absolute Gasteiger partial charge is 0.418 e. The van der Waals surface area contributed by atoms with Gasteiger partial charge in [-0.2, -0.15) is 0 Å². The minimum Gasteiger partial charge on any atom is -0.418 e. The van der Waals surface area contributed by atoms with Crippen LogP contribution in [0.1, 0.15) is 24.4 Å². The molecule has 3 aromatic rings. The molecular formula is C16H16ClN3OS. The first-order valence-electron chi connectivity index (χ1n) is 6.95. The number of rotatable bonds is 5. The van der Waals surface area contributed by atoms with Crippen LogP contribution in [-0.4, -0.2) is 22.1 Å². The molecule has 0 radical (unpaired) electrons. The Morgan fingerprint density at radius 1 is 1.23 bits per heavy atom. The quantitative estimate of drug-likeness (QED) is 0.682. The summed E-state index contributed by atoms with van der Waals surface area (Å²) in [5, 5.41) is 11.0. The van der Waals surface area contributed by atoms with E-state index in [1.807, 2.05) is 48.8 Å². The van der Waals surface area contributed by atoms with Gasteiger partial charge in [-0.1, -0.05) is 29.8 Å². The Morgan fingerprint density at radius 2 is 2.00 bits per heavy atom. The molecule has 0 bridgehead atoms. The molecule has 4 nitrogen and oxygen atoms in total. The molecule has 114 valence electrons. The van der Waals surface area contributed by atoms with E-state index < -0.39 is 0 Å². The molecule has 0 saturated carbocycles. The molecule has 0 N–H and O–H groups in total. The normalized spacial score (nSPS) is 12.7. The van der Waals surface area contributed by atoms with E-state index in [9.17, 15) is 0 Å². The van der Waals surface area contributed by atoms with Crippen LogP contribution in [0.3, 0.4) is 0 Å². The van der Waals surface area contributed by atoms with Gasteiger partial charge in [-0.05, 0) is 43.1 Å². The van der Waals surface area contributed by atoms with Crippen LogP contribution in [0.5, 0.6) is 0 Å². The van der Waals surface area contributed by atoms with Crippen molar-refractivity contribution in [3.8, 4) is 10.8 Å². The number of thiophene rings is 1. The highest BCUT2D eigenvalue weighted by molar-refractivity contribution is 7.13. The third kappa shape index (κ3) is 3.38. The Bertz CT molecular complexity index is 724. The van der Waals surface area contributed by atoms with Gasteiger partial charge in [0.2, 0.25) is 5.89 Å². The summed E-state index contributed by atoms with van der Waals surface area (Å²) < 4.78 is 5.79. The Balaban J connectivity index is 1.70. The van der Waals surface area contributed by atoms with E-state index in [2.05, 4.69) is 22.0 Å². The highest BCUT2D eigenvalue weighted by Crippen LogP contribution is 2.27. The van der Waals surface area contributed by atoms with Gasteiger partial charge < -0.3 is 4.42 Å². The molecule has 1 aromatic carbocycles. The summed E-state index contributed by atoms with van der Waals surface area (Å²) in [5.74, 6) is 1.21. The Hall–Kier alpha value is -1.69. The van der Waals surface area contributed by atoms with E-state index in [0.29, 0.717) is 11.8 Å². The molecule has 0 spiro atoms. The smallest absolute Gasteiger partial charge is 0.257 e. The van der Waals surface area contributed by atoms with Crippen LogP contribution in [0.15, 0.2) is 46.2 Å². The lowest BCUT2D eigenvalue weighted by Gasteiger charge is -2.21. The van der Waals surface area contributed by atoms with Crippen molar-refractivity contribution < 1.29 is 4.42 Å². The van der Waals surface area contributed by atoms with Crippen molar-refractivity contribution in [2.75, 3.05) is 7.05 Å². The highest BCUT2D eigenvalue weighted by atomic mass is 35.5. The van der Waals surface area contributed by atoms with Gasteiger partial charge >= 0.3 is 0 Å². The summed E-state index contributed by atoms with van der Waals surface area (Å²) >= 11 is 7.50. The zero-order valence-corrected chi connectivity index (χ0v) is 13.9. The maximum absolute atomic E-state index is 5.91. The third-order valence-electron chi connectivity index (χ3n) is 3.54. The first-order chi connectivity index (χ1) is 10.6. The number of hydrogen-bond donors (Lipinski definition) is 0. The monoisotopic (exact) mass is 333 g/mol. The number of hydrogen-bond acceptors (Lipinski definition) is 5. The van der Waals surface area contributed by atoms with E-state index in [0.717, 1.165) is 16.4 Å². The van der Waals surface area contributed by atoms with Crippen molar-refractivity contribution in [2.24, 2.45) is 0 Å². The maximum Gasteiger partial charge on any atom is 0.257 e. The third-order valence-corrected chi connectivity index (χ3v) is 4.65. The van der Waals surface area contributed by atoms with Crippen molar-refractivity contribution in [3.63, 3.8) is 0 Å². The molecule has 0 aliphatic heterocycles. The summed E-state index contributed by atoms with van der Waals surface area (Å²) in [7, 11) is 2.04. The van der Waals surface area contributed by atoms with Gasteiger partial charge in [-0.15, -0.1) is 21.5 Å². The van der Waals surface area contributed by atoms with Gasteiger partial charge in [0.15, 0.2) is 0 Å². The minimum absolute atomic E-state index is 0.0388. The van der Waals surface area contributed by atoms with E-state index in [-0.39, 0.29) is 6.04 Å². The van der Waals surface area contributed by atoms with Crippen LogP contribution in [-0.2, 0) is 6.54 Å². The molecule has 0 aliphatic carbocycles. The predicted octanol–water partition coefficient (Wildman–Crippen LogP) is 4.64. The standard InChI is InChI=1S/C16H16ClN3OS/c1-11(20(2)10-12-5-7-13(17)8-6-12)15-18-19-16(21-15)14-4-3-9-22-14/h3-9,11H,10H2,1-2H3. The molecule has 22 heavy (non-hydrogen) atoms. The lowest BCUT2D eigenvalue weighted by molar-refractivity contribution is 0.218. The number of halogens is 1. The molecule has 2 heterocycles. The van der Waals surface area contributed by atoms with Gasteiger partial charge in [-0.25, -0.2) is 0 Å². The van der Waals surface area contributed by atoms with Crippen LogP contribution < -0.4 is 0 Å². The molecule has 3 rings (SSSR count). The lowest BCUT2D eigenvalue weighted by Crippen LogP contribution is -2.22. The molecule has 6 heteroatoms. The molecule has 0 fully saturated rings. The second kappa shape index (κ2) is 6.60. The van der Waals surface area contributed by atoms with E-state index >= 15 is 0 Å². The molecule has 0 saturated heterocycles. The van der Waals surface area contributed by atoms with E-state index in [1.165, 1.54) is 5.56 Å². The fraction of sp³-hybridized carbons (Fsp3) is 0.250. The molecule has 0 aliphatic rings. The summed E-state index contributed by atoms with van der Waals surface area (Å²) in [6.45, 7) is 2.84. The average molecular weight is 334 g/mol. The number of benzene rings is 1. The van der Waals surface area contributed by atoms with E-state index in [4.69, 9.17) is 16.0 Å². The molecule has 0 amide bonds. The second-order valence-electron chi connectivity index (χ2n) is 5.14. The van der Waals surface area contributed by atoms with Crippen LogP contribution in [0.4, 0.5) is 0 Å². The maximum atomic E-state index is 5.91. The minimum atomic E-state index is 0.0388. The van der Waals surface area contributed by atoms with Crippen LogP contribution in [0.2, 0.25) is 5.02 Å². The van der Waals surface area contributed by atoms with E-state index in [1.54, 1.807) is 11.3 Å². The predicted molar refractivity (Wildman–Crippen MR) is 88.9 cm³/mol. The fourth-order valence-corrected chi connectivity index (χ4v) is 2.88. The van der Waals surface area contributed by atoms with Gasteiger partial charge in [0, 0.05) is 11.6 Å². The van der Waals surface area contributed by atoms with Gasteiger partial charge in [0.25, 0.3) is 5.89 Å². The average Bonchev–Trinajstić information content (AvgIpc) is 3.19. The summed E-state index contributed by atoms with van der Waals surface area (Å²) in [6.07, 6.45) is 0. The lowest BCUT2D eigenvalue weighted by atomic mass is 10.2. The number of nitrogens with zero attached hydrogens (tertiary/aromatic N) is 3. The summed E-state index contributed by atoms with van der Waals surface area (Å²) in [4.78, 5) is 3.15. The zero-order valence-electron chi connectivity index (χ0n) is 12.4. The van der Waals surface area contributed by atoms with Crippen molar-refractivity contribution in [2.45, 2.75) is 19.5 Å². The Kier molecular flexibility index (Phi) is 4.57. The van der Waals surface area contributed by atoms with Crippen molar-refractivity contribution >= 4 is 22.9 Å². The summed E-state index contributed by atoms with van der Waals surface area (Å²) in [5.41, 5.74) is 1.19. The number of aromatic nitrogens is 2. The molecule has 1 atom stereocenters. The van der Waals surface area contributed by atoms with Crippen molar-refractivity contribution in [3.05, 3.63) is 58.3 Å². The Morgan fingerprint density at radius 3 is 2.68 bits per heavy atom. The van der Waals surface area contributed by atoms with Crippen LogP contribution in [0, 0.1) is 0 Å². The first kappa shape index (κ1) is 15.2. The van der Waals surface area contributed by atoms with Crippen molar-refractivity contribution in [1.82, 2.24) is 15.1 Å². The molecule has 2 aromatic heterocycles. The van der Waals surface area contributed by atoms with Crippen LogP contribution in [0.25, 0.3) is 10.8 Å². The molecule has 1 unspecified atom stereocenters. The van der Waals surface area contributed by atoms with Gasteiger partial charge in [0.1, 0.15) is 0 Å². The van der Waals surface area contributed by atoms with Gasteiger partial charge in [0.05, 0.1) is 10.9 Å². The SMILES string of the molecule is CC(c1nnc(-c2cccs2)o1)N(C)Cc1ccc(Cl)cc1. The highest BCUT2D eigenvalue weighted by Gasteiger charge is 2.19. The summed E-state index contributed by atoms with van der Waals surface area (Å²) in [6, 6.07) is 11.8. The zero-order chi connectivity index (χ0) is 15.5. The first-order valence-corrected chi connectivity index (χ1v) is 8.21. The topological polar surface area (TPSA) is 42.2 Å². The Labute approximate surface area is 138 Å².